The van der Waals surface area contributed by atoms with E-state index < -0.39 is 10.0 Å². The van der Waals surface area contributed by atoms with Gasteiger partial charge in [0, 0.05) is 29.2 Å². The van der Waals surface area contributed by atoms with Crippen LogP contribution in [0.5, 0.6) is 0 Å². The molecule has 0 atom stereocenters. The molecule has 0 amide bonds. The van der Waals surface area contributed by atoms with Crippen LogP contribution >= 0.6 is 11.6 Å². The van der Waals surface area contributed by atoms with E-state index in [0.29, 0.717) is 22.2 Å². The van der Waals surface area contributed by atoms with E-state index in [1.807, 2.05) is 34.9 Å². The molecule has 8 heteroatoms. The number of halogens is 1. The van der Waals surface area contributed by atoms with E-state index in [1.165, 1.54) is 24.0 Å². The summed E-state index contributed by atoms with van der Waals surface area (Å²) in [5, 5.41) is 5.88. The summed E-state index contributed by atoms with van der Waals surface area (Å²) in [6.45, 7) is 0. The SMILES string of the molecule is NS(=O)(=O)c1cncc(C#Cc2cnc3c(C4CC4)cc(-c4ccc(Cl)cc4)cn23)c1. The smallest absolute Gasteiger partial charge is 0.239 e. The maximum atomic E-state index is 11.6. The fraction of sp³-hybridized carbons (Fsp3) is 0.130. The molecule has 0 radical (unpaired) electrons. The molecule has 0 aliphatic heterocycles. The largest absolute Gasteiger partial charge is 0.292 e. The lowest BCUT2D eigenvalue weighted by molar-refractivity contribution is 0.597. The number of aromatic nitrogens is 3. The molecule has 31 heavy (non-hydrogen) atoms. The van der Waals surface area contributed by atoms with E-state index in [2.05, 4.69) is 27.9 Å². The van der Waals surface area contributed by atoms with E-state index in [-0.39, 0.29) is 4.90 Å². The molecule has 0 spiro atoms. The van der Waals surface area contributed by atoms with Gasteiger partial charge in [0.1, 0.15) is 16.2 Å². The molecule has 0 unspecified atom stereocenters. The summed E-state index contributed by atoms with van der Waals surface area (Å²) in [5.74, 6) is 6.57. The molecule has 154 valence electrons. The van der Waals surface area contributed by atoms with Gasteiger partial charge in [0.05, 0.1) is 6.20 Å². The summed E-state index contributed by atoms with van der Waals surface area (Å²) in [6, 6.07) is 11.3. The average molecular weight is 449 g/mol. The lowest BCUT2D eigenvalue weighted by Crippen LogP contribution is -2.12. The Hall–Kier alpha value is -3.18. The van der Waals surface area contributed by atoms with Gasteiger partial charge in [0.25, 0.3) is 0 Å². The topological polar surface area (TPSA) is 90.4 Å². The van der Waals surface area contributed by atoms with Crippen molar-refractivity contribution in [1.29, 1.82) is 0 Å². The Kier molecular flexibility index (Phi) is 4.78. The Morgan fingerprint density at radius 3 is 2.52 bits per heavy atom. The molecule has 1 aliphatic carbocycles. The minimum absolute atomic E-state index is 0.0708. The van der Waals surface area contributed by atoms with Crippen LogP contribution in [0.1, 0.15) is 35.6 Å². The number of rotatable bonds is 3. The number of primary sulfonamides is 1. The molecule has 2 N–H and O–H groups in total. The first-order valence-electron chi connectivity index (χ1n) is 9.65. The van der Waals surface area contributed by atoms with E-state index >= 15 is 0 Å². The number of sulfonamides is 1. The Balaban J connectivity index is 1.61. The molecular formula is C23H17ClN4O2S. The maximum Gasteiger partial charge on any atom is 0.239 e. The first-order valence-corrected chi connectivity index (χ1v) is 11.6. The zero-order valence-corrected chi connectivity index (χ0v) is 17.9. The van der Waals surface area contributed by atoms with Crippen molar-refractivity contribution in [3.05, 3.63) is 83.0 Å². The zero-order chi connectivity index (χ0) is 21.6. The predicted molar refractivity (Wildman–Crippen MR) is 119 cm³/mol. The number of imidazole rings is 1. The summed E-state index contributed by atoms with van der Waals surface area (Å²) in [5.41, 5.74) is 5.38. The maximum absolute atomic E-state index is 11.6. The van der Waals surface area contributed by atoms with Crippen molar-refractivity contribution in [1.82, 2.24) is 14.4 Å². The lowest BCUT2D eigenvalue weighted by Gasteiger charge is -2.09. The van der Waals surface area contributed by atoms with Gasteiger partial charge in [-0.25, -0.2) is 18.5 Å². The molecule has 5 rings (SSSR count). The Morgan fingerprint density at radius 2 is 1.81 bits per heavy atom. The third-order valence-electron chi connectivity index (χ3n) is 5.21. The van der Waals surface area contributed by atoms with Gasteiger partial charge in [-0.05, 0) is 65.6 Å². The number of benzene rings is 1. The van der Waals surface area contributed by atoms with Gasteiger partial charge in [-0.1, -0.05) is 29.7 Å². The quantitative estimate of drug-likeness (QED) is 0.480. The molecule has 3 heterocycles. The van der Waals surface area contributed by atoms with Crippen molar-refractivity contribution in [3.8, 4) is 23.0 Å². The summed E-state index contributed by atoms with van der Waals surface area (Å²) >= 11 is 6.05. The predicted octanol–water partition coefficient (Wildman–Crippen LogP) is 3.97. The number of nitrogens with zero attached hydrogens (tertiary/aromatic N) is 3. The minimum Gasteiger partial charge on any atom is -0.292 e. The summed E-state index contributed by atoms with van der Waals surface area (Å²) < 4.78 is 25.1. The van der Waals surface area contributed by atoms with Crippen LogP contribution in [0.2, 0.25) is 5.02 Å². The molecule has 6 nitrogen and oxygen atoms in total. The van der Waals surface area contributed by atoms with Crippen molar-refractivity contribution in [2.75, 3.05) is 0 Å². The molecule has 0 bridgehead atoms. The van der Waals surface area contributed by atoms with Crippen molar-refractivity contribution in [3.63, 3.8) is 0 Å². The minimum atomic E-state index is -3.84. The second-order valence-corrected chi connectivity index (χ2v) is 9.50. The molecule has 3 aromatic heterocycles. The highest BCUT2D eigenvalue weighted by atomic mass is 35.5. The highest BCUT2D eigenvalue weighted by Crippen LogP contribution is 2.43. The third-order valence-corrected chi connectivity index (χ3v) is 6.34. The van der Waals surface area contributed by atoms with Crippen LogP contribution in [0.3, 0.4) is 0 Å². The summed E-state index contributed by atoms with van der Waals surface area (Å²) in [6.07, 6.45) is 8.76. The zero-order valence-electron chi connectivity index (χ0n) is 16.3. The van der Waals surface area contributed by atoms with Crippen LogP contribution in [0.4, 0.5) is 0 Å². The van der Waals surface area contributed by atoms with E-state index in [4.69, 9.17) is 16.7 Å². The van der Waals surface area contributed by atoms with E-state index in [1.54, 1.807) is 6.20 Å². The molecule has 0 saturated heterocycles. The standard InChI is InChI=1S/C23H17ClN4O2S/c24-19-6-4-16(5-7-19)18-10-22(17-2-3-17)23-27-12-20(28(23)14-18)8-1-15-9-21(13-26-11-15)31(25,29)30/h4-7,9-14,17H,2-3H2,(H2,25,29,30). The third kappa shape index (κ3) is 4.06. The number of pyridine rings is 2. The highest BCUT2D eigenvalue weighted by Gasteiger charge is 2.27. The van der Waals surface area contributed by atoms with Crippen LogP contribution in [-0.4, -0.2) is 22.8 Å². The van der Waals surface area contributed by atoms with Gasteiger partial charge in [0.15, 0.2) is 0 Å². The second kappa shape index (κ2) is 7.50. The number of fused-ring (bicyclic) bond motifs is 1. The Labute approximate surface area is 184 Å². The summed E-state index contributed by atoms with van der Waals surface area (Å²) in [4.78, 5) is 8.46. The summed E-state index contributed by atoms with van der Waals surface area (Å²) in [7, 11) is -3.84. The van der Waals surface area contributed by atoms with Crippen molar-refractivity contribution in [2.45, 2.75) is 23.7 Å². The Morgan fingerprint density at radius 1 is 1.03 bits per heavy atom. The first kappa shape index (κ1) is 19.8. The van der Waals surface area contributed by atoms with E-state index in [0.717, 1.165) is 29.6 Å². The first-order chi connectivity index (χ1) is 14.9. The van der Waals surface area contributed by atoms with Gasteiger partial charge in [-0.15, -0.1) is 0 Å². The molecule has 4 aromatic rings. The fourth-order valence-electron chi connectivity index (χ4n) is 3.48. The Bertz CT molecular complexity index is 1480. The molecule has 1 aromatic carbocycles. The highest BCUT2D eigenvalue weighted by molar-refractivity contribution is 7.89. The number of hydrogen-bond acceptors (Lipinski definition) is 4. The molecule has 1 fully saturated rings. The number of hydrogen-bond donors (Lipinski definition) is 1. The van der Waals surface area contributed by atoms with Crippen LogP contribution in [0, 0.1) is 11.8 Å². The van der Waals surface area contributed by atoms with Crippen molar-refractivity contribution < 1.29 is 8.42 Å². The lowest BCUT2D eigenvalue weighted by atomic mass is 10.0. The number of nitrogens with two attached hydrogens (primary N) is 1. The molecule has 1 saturated carbocycles. The normalized spacial score (nSPS) is 13.7. The van der Waals surface area contributed by atoms with Gasteiger partial charge in [-0.2, -0.15) is 0 Å². The molecule has 1 aliphatic rings. The van der Waals surface area contributed by atoms with Gasteiger partial charge in [-0.3, -0.25) is 9.38 Å². The van der Waals surface area contributed by atoms with E-state index in [9.17, 15) is 8.42 Å². The monoisotopic (exact) mass is 448 g/mol. The van der Waals surface area contributed by atoms with Gasteiger partial charge in [0.2, 0.25) is 10.0 Å². The van der Waals surface area contributed by atoms with Gasteiger partial charge < -0.3 is 0 Å². The van der Waals surface area contributed by atoms with Crippen molar-refractivity contribution >= 4 is 27.3 Å². The molecular weight excluding hydrogens is 432 g/mol. The van der Waals surface area contributed by atoms with Crippen LogP contribution < -0.4 is 5.14 Å². The van der Waals surface area contributed by atoms with Crippen LogP contribution in [0.15, 0.2) is 66.1 Å². The van der Waals surface area contributed by atoms with Crippen molar-refractivity contribution in [2.24, 2.45) is 5.14 Å². The fourth-order valence-corrected chi connectivity index (χ4v) is 4.10. The average Bonchev–Trinajstić information content (AvgIpc) is 3.52. The second-order valence-electron chi connectivity index (χ2n) is 7.51. The van der Waals surface area contributed by atoms with Crippen LogP contribution in [0.25, 0.3) is 16.8 Å². The van der Waals surface area contributed by atoms with Crippen LogP contribution in [-0.2, 0) is 10.0 Å². The van der Waals surface area contributed by atoms with Gasteiger partial charge >= 0.3 is 0 Å².